The molecule has 0 aliphatic carbocycles. The summed E-state index contributed by atoms with van der Waals surface area (Å²) in [6, 6.07) is 11.7. The normalized spacial score (nSPS) is 18.5. The summed E-state index contributed by atoms with van der Waals surface area (Å²) in [5, 5.41) is 4.04. The molecular weight excluding hydrogens is 372 g/mol. The summed E-state index contributed by atoms with van der Waals surface area (Å²) < 4.78 is 51.9. The van der Waals surface area contributed by atoms with E-state index in [9.17, 15) is 17.6 Å². The van der Waals surface area contributed by atoms with Gasteiger partial charge in [-0.05, 0) is 48.2 Å². The van der Waals surface area contributed by atoms with E-state index in [0.717, 1.165) is 30.2 Å². The van der Waals surface area contributed by atoms with Crippen LogP contribution in [0.5, 0.6) is 0 Å². The first-order valence-corrected chi connectivity index (χ1v) is 9.12. The summed E-state index contributed by atoms with van der Waals surface area (Å²) in [4.78, 5) is 7.12. The number of hydrogen-bond acceptors (Lipinski definition) is 3. The van der Waals surface area contributed by atoms with E-state index in [1.807, 2.05) is 0 Å². The molecule has 7 heteroatoms. The van der Waals surface area contributed by atoms with Crippen molar-refractivity contribution in [2.75, 3.05) is 26.7 Å². The number of hydrogen-bond donors (Lipinski definition) is 0. The molecule has 2 aromatic carbocycles. The minimum absolute atomic E-state index is 0.0796. The second-order valence-corrected chi connectivity index (χ2v) is 6.89. The molecule has 1 heterocycles. The van der Waals surface area contributed by atoms with E-state index in [4.69, 9.17) is 4.84 Å². The highest BCUT2D eigenvalue weighted by molar-refractivity contribution is 6.00. The van der Waals surface area contributed by atoms with Gasteiger partial charge in [0.2, 0.25) is 0 Å². The van der Waals surface area contributed by atoms with Crippen molar-refractivity contribution in [3.05, 3.63) is 71.0 Å². The SMILES string of the molecule is CON=C(CCN1CCC(c2cccc(C(F)(F)F)c2)C1)c1ccc(F)cc1. The van der Waals surface area contributed by atoms with Gasteiger partial charge in [-0.25, -0.2) is 4.39 Å². The van der Waals surface area contributed by atoms with Crippen LogP contribution in [0.15, 0.2) is 53.7 Å². The first-order valence-electron chi connectivity index (χ1n) is 9.12. The summed E-state index contributed by atoms with van der Waals surface area (Å²) in [5.74, 6) is -0.236. The van der Waals surface area contributed by atoms with Gasteiger partial charge in [-0.15, -0.1) is 0 Å². The maximum absolute atomic E-state index is 13.1. The van der Waals surface area contributed by atoms with E-state index in [-0.39, 0.29) is 11.7 Å². The predicted octanol–water partition coefficient (Wildman–Crippen LogP) is 5.07. The van der Waals surface area contributed by atoms with E-state index in [1.54, 1.807) is 18.2 Å². The standard InChI is InChI=1S/C21H22F4N2O/c1-28-26-20(15-5-7-19(22)8-6-15)10-12-27-11-9-17(14-27)16-3-2-4-18(13-16)21(23,24)25/h2-8,13,17H,9-12,14H2,1H3. The van der Waals surface area contributed by atoms with Crippen LogP contribution in [-0.4, -0.2) is 37.4 Å². The Labute approximate surface area is 161 Å². The first-order chi connectivity index (χ1) is 13.4. The Balaban J connectivity index is 1.61. The molecule has 1 unspecified atom stereocenters. The fourth-order valence-electron chi connectivity index (χ4n) is 3.54. The van der Waals surface area contributed by atoms with Crippen LogP contribution in [0.2, 0.25) is 0 Å². The number of nitrogens with zero attached hydrogens (tertiary/aromatic N) is 2. The van der Waals surface area contributed by atoms with Gasteiger partial charge in [0, 0.05) is 19.5 Å². The lowest BCUT2D eigenvalue weighted by Gasteiger charge is -2.17. The monoisotopic (exact) mass is 394 g/mol. The lowest BCUT2D eigenvalue weighted by molar-refractivity contribution is -0.137. The van der Waals surface area contributed by atoms with Gasteiger partial charge in [-0.1, -0.05) is 35.5 Å². The average Bonchev–Trinajstić information content (AvgIpc) is 3.14. The highest BCUT2D eigenvalue weighted by atomic mass is 19.4. The number of rotatable bonds is 6. The smallest absolute Gasteiger partial charge is 0.399 e. The molecule has 0 N–H and O–H groups in total. The molecule has 0 amide bonds. The number of halogens is 4. The Bertz CT molecular complexity index is 818. The summed E-state index contributed by atoms with van der Waals surface area (Å²) in [6.45, 7) is 2.21. The van der Waals surface area contributed by atoms with Crippen molar-refractivity contribution in [3.63, 3.8) is 0 Å². The molecule has 3 rings (SSSR count). The van der Waals surface area contributed by atoms with Gasteiger partial charge in [0.05, 0.1) is 11.3 Å². The third kappa shape index (κ3) is 5.10. The van der Waals surface area contributed by atoms with Gasteiger partial charge in [0.15, 0.2) is 0 Å². The maximum Gasteiger partial charge on any atom is 0.416 e. The van der Waals surface area contributed by atoms with Gasteiger partial charge in [0.1, 0.15) is 12.9 Å². The minimum Gasteiger partial charge on any atom is -0.399 e. The molecule has 0 aromatic heterocycles. The zero-order valence-electron chi connectivity index (χ0n) is 15.5. The van der Waals surface area contributed by atoms with Crippen molar-refractivity contribution >= 4 is 5.71 Å². The maximum atomic E-state index is 13.1. The van der Waals surface area contributed by atoms with Crippen LogP contribution in [0.4, 0.5) is 17.6 Å². The molecule has 1 saturated heterocycles. The molecule has 28 heavy (non-hydrogen) atoms. The van der Waals surface area contributed by atoms with Crippen molar-refractivity contribution in [1.29, 1.82) is 0 Å². The van der Waals surface area contributed by atoms with E-state index in [2.05, 4.69) is 10.1 Å². The lowest BCUT2D eigenvalue weighted by Crippen LogP contribution is -2.24. The highest BCUT2D eigenvalue weighted by Crippen LogP contribution is 2.33. The minimum atomic E-state index is -4.32. The number of benzene rings is 2. The number of oxime groups is 1. The quantitative estimate of drug-likeness (QED) is 0.388. The van der Waals surface area contributed by atoms with E-state index < -0.39 is 11.7 Å². The Morgan fingerprint density at radius 2 is 1.93 bits per heavy atom. The van der Waals surface area contributed by atoms with Crippen LogP contribution in [-0.2, 0) is 11.0 Å². The van der Waals surface area contributed by atoms with Crippen molar-refractivity contribution in [1.82, 2.24) is 4.90 Å². The molecule has 2 aromatic rings. The molecule has 3 nitrogen and oxygen atoms in total. The molecule has 150 valence electrons. The van der Waals surface area contributed by atoms with Crippen molar-refractivity contribution < 1.29 is 22.4 Å². The number of likely N-dealkylation sites (tertiary alicyclic amines) is 1. The van der Waals surface area contributed by atoms with Gasteiger partial charge >= 0.3 is 6.18 Å². The molecular formula is C21H22F4N2O. The first kappa shape index (κ1) is 20.3. The third-order valence-corrected chi connectivity index (χ3v) is 5.00. The second-order valence-electron chi connectivity index (χ2n) is 6.89. The molecule has 0 radical (unpaired) electrons. The molecule has 0 saturated carbocycles. The highest BCUT2D eigenvalue weighted by Gasteiger charge is 2.32. The predicted molar refractivity (Wildman–Crippen MR) is 99.8 cm³/mol. The zero-order chi connectivity index (χ0) is 20.1. The summed E-state index contributed by atoms with van der Waals surface area (Å²) in [7, 11) is 1.46. The topological polar surface area (TPSA) is 24.8 Å². The van der Waals surface area contributed by atoms with Gasteiger partial charge in [0.25, 0.3) is 0 Å². The van der Waals surface area contributed by atoms with E-state index >= 15 is 0 Å². The fourth-order valence-corrected chi connectivity index (χ4v) is 3.54. The third-order valence-electron chi connectivity index (χ3n) is 5.00. The van der Waals surface area contributed by atoms with Crippen molar-refractivity contribution in [2.24, 2.45) is 5.16 Å². The second kappa shape index (κ2) is 8.73. The van der Waals surface area contributed by atoms with Crippen LogP contribution in [0.1, 0.15) is 35.4 Å². The molecule has 0 spiro atoms. The molecule has 0 bridgehead atoms. The lowest BCUT2D eigenvalue weighted by atomic mass is 9.96. The number of alkyl halides is 3. The molecule has 1 aliphatic rings. The van der Waals surface area contributed by atoms with E-state index in [0.29, 0.717) is 25.2 Å². The average molecular weight is 394 g/mol. The van der Waals surface area contributed by atoms with Gasteiger partial charge in [-0.2, -0.15) is 13.2 Å². The Hall–Kier alpha value is -2.41. The summed E-state index contributed by atoms with van der Waals surface area (Å²) in [5.41, 5.74) is 1.62. The van der Waals surface area contributed by atoms with Crippen LogP contribution in [0.25, 0.3) is 0 Å². The Morgan fingerprint density at radius 3 is 2.61 bits per heavy atom. The van der Waals surface area contributed by atoms with Gasteiger partial charge in [-0.3, -0.25) is 0 Å². The largest absolute Gasteiger partial charge is 0.416 e. The van der Waals surface area contributed by atoms with Crippen LogP contribution in [0.3, 0.4) is 0 Å². The summed E-state index contributed by atoms with van der Waals surface area (Å²) >= 11 is 0. The van der Waals surface area contributed by atoms with Crippen LogP contribution in [0, 0.1) is 5.82 Å². The fraction of sp³-hybridized carbons (Fsp3) is 0.381. The summed E-state index contributed by atoms with van der Waals surface area (Å²) in [6.07, 6.45) is -2.90. The van der Waals surface area contributed by atoms with Crippen molar-refractivity contribution in [3.8, 4) is 0 Å². The van der Waals surface area contributed by atoms with Crippen molar-refractivity contribution in [2.45, 2.75) is 24.9 Å². The molecule has 1 atom stereocenters. The van der Waals surface area contributed by atoms with Crippen LogP contribution < -0.4 is 0 Å². The van der Waals surface area contributed by atoms with E-state index in [1.165, 1.54) is 31.4 Å². The molecule has 1 fully saturated rings. The Kier molecular flexibility index (Phi) is 6.34. The zero-order valence-corrected chi connectivity index (χ0v) is 15.5. The van der Waals surface area contributed by atoms with Gasteiger partial charge < -0.3 is 9.74 Å². The Morgan fingerprint density at radius 1 is 1.18 bits per heavy atom. The van der Waals surface area contributed by atoms with Crippen LogP contribution >= 0.6 is 0 Å². The molecule has 1 aliphatic heterocycles.